The van der Waals surface area contributed by atoms with Gasteiger partial charge >= 0.3 is 0 Å². The molecule has 0 unspecified atom stereocenters. The fraction of sp³-hybridized carbons (Fsp3) is 0.513. The first-order chi connectivity index (χ1) is 22.0. The Morgan fingerprint density at radius 3 is 1.04 bits per heavy atom. The number of ketones is 1. The minimum Gasteiger partial charge on any atom is -0.393 e. The van der Waals surface area contributed by atoms with Gasteiger partial charge in [-0.05, 0) is 80.9 Å². The molecule has 0 aliphatic heterocycles. The number of ether oxygens (including phenoxy) is 3. The van der Waals surface area contributed by atoms with Crippen molar-refractivity contribution in [2.75, 3.05) is 0 Å². The van der Waals surface area contributed by atoms with Gasteiger partial charge in [0.05, 0.1) is 50.3 Å². The molecule has 244 valence electrons. The van der Waals surface area contributed by atoms with E-state index in [9.17, 15) is 15.0 Å². The van der Waals surface area contributed by atoms with Gasteiger partial charge in [0.25, 0.3) is 0 Å². The van der Waals surface area contributed by atoms with Crippen LogP contribution in [-0.2, 0) is 38.8 Å². The molecule has 0 aromatic heterocycles. The van der Waals surface area contributed by atoms with Crippen LogP contribution in [0, 0.1) is 0 Å². The number of hydrogen-bond acceptors (Lipinski definition) is 6. The highest BCUT2D eigenvalue weighted by atomic mass is 16.5. The number of carbonyl (C=O) groups is 1. The highest BCUT2D eigenvalue weighted by Crippen LogP contribution is 2.23. The van der Waals surface area contributed by atoms with E-state index in [1.807, 2.05) is 54.6 Å². The molecule has 0 amide bonds. The van der Waals surface area contributed by atoms with Gasteiger partial charge in [-0.25, -0.2) is 0 Å². The van der Waals surface area contributed by atoms with Crippen molar-refractivity contribution in [2.45, 2.75) is 127 Å². The molecule has 3 aliphatic rings. The van der Waals surface area contributed by atoms with Gasteiger partial charge < -0.3 is 24.4 Å². The standard InChI is InChI=1S/2C13H18O2.C13H16O2/c3*14-12-6-8-13(9-7-12)15-10-11-4-2-1-3-5-11/h2*1-5,12-14H,6-10H2;1-5,13H,6-10H2. The Labute approximate surface area is 269 Å². The molecule has 3 aromatic rings. The van der Waals surface area contributed by atoms with Gasteiger partial charge in [0.15, 0.2) is 0 Å². The Morgan fingerprint density at radius 1 is 0.444 bits per heavy atom. The summed E-state index contributed by atoms with van der Waals surface area (Å²) in [7, 11) is 0. The normalized spacial score (nSPS) is 23.6. The molecule has 3 fully saturated rings. The average molecular weight is 617 g/mol. The van der Waals surface area contributed by atoms with E-state index in [1.54, 1.807) is 0 Å². The van der Waals surface area contributed by atoms with E-state index in [-0.39, 0.29) is 18.3 Å². The van der Waals surface area contributed by atoms with Crippen molar-refractivity contribution in [1.82, 2.24) is 0 Å². The number of aliphatic hydroxyl groups is 2. The number of benzene rings is 3. The van der Waals surface area contributed by atoms with Crippen LogP contribution in [-0.4, -0.2) is 46.5 Å². The van der Waals surface area contributed by atoms with Gasteiger partial charge in [0.2, 0.25) is 0 Å². The van der Waals surface area contributed by atoms with Crippen LogP contribution in [0.3, 0.4) is 0 Å². The lowest BCUT2D eigenvalue weighted by Gasteiger charge is -2.25. The SMILES string of the molecule is O=C1CCC(OCc2ccccc2)CC1.OC1CCC(OCc2ccccc2)CC1.OC1CCC(OCc2ccccc2)CC1. The number of carbonyl (C=O) groups excluding carboxylic acids is 1. The highest BCUT2D eigenvalue weighted by Gasteiger charge is 2.21. The fourth-order valence-corrected chi connectivity index (χ4v) is 5.87. The van der Waals surface area contributed by atoms with Crippen molar-refractivity contribution in [3.05, 3.63) is 108 Å². The summed E-state index contributed by atoms with van der Waals surface area (Å²) in [5.74, 6) is 0.384. The van der Waals surface area contributed by atoms with E-state index in [0.29, 0.717) is 50.7 Å². The predicted molar refractivity (Wildman–Crippen MR) is 177 cm³/mol. The number of hydrogen-bond donors (Lipinski definition) is 2. The van der Waals surface area contributed by atoms with Crippen molar-refractivity contribution >= 4 is 5.78 Å². The van der Waals surface area contributed by atoms with Crippen molar-refractivity contribution in [3.8, 4) is 0 Å². The molecule has 45 heavy (non-hydrogen) atoms. The minimum atomic E-state index is -0.0958. The van der Waals surface area contributed by atoms with Gasteiger partial charge in [-0.15, -0.1) is 0 Å². The molecule has 6 heteroatoms. The summed E-state index contributed by atoms with van der Waals surface area (Å²) in [6, 6.07) is 30.6. The van der Waals surface area contributed by atoms with E-state index < -0.39 is 0 Å². The predicted octanol–water partition coefficient (Wildman–Crippen LogP) is 7.73. The molecule has 0 spiro atoms. The van der Waals surface area contributed by atoms with Gasteiger partial charge in [0, 0.05) is 12.8 Å². The summed E-state index contributed by atoms with van der Waals surface area (Å²) in [4.78, 5) is 11.0. The zero-order valence-corrected chi connectivity index (χ0v) is 26.7. The second kappa shape index (κ2) is 20.3. The summed E-state index contributed by atoms with van der Waals surface area (Å²) in [6.07, 6.45) is 11.5. The molecule has 2 N–H and O–H groups in total. The summed E-state index contributed by atoms with van der Waals surface area (Å²) < 4.78 is 17.4. The summed E-state index contributed by atoms with van der Waals surface area (Å²) in [5, 5.41) is 18.7. The number of aliphatic hydroxyl groups excluding tert-OH is 2. The van der Waals surface area contributed by atoms with E-state index in [4.69, 9.17) is 14.2 Å². The van der Waals surface area contributed by atoms with E-state index in [0.717, 1.165) is 64.2 Å². The quantitative estimate of drug-likeness (QED) is 0.256. The smallest absolute Gasteiger partial charge is 0.133 e. The Bertz CT molecular complexity index is 1100. The zero-order chi connectivity index (χ0) is 31.5. The van der Waals surface area contributed by atoms with Gasteiger partial charge in [-0.3, -0.25) is 4.79 Å². The first-order valence-corrected chi connectivity index (χ1v) is 16.9. The molecule has 0 heterocycles. The molecule has 0 saturated heterocycles. The molecular weight excluding hydrogens is 564 g/mol. The highest BCUT2D eigenvalue weighted by molar-refractivity contribution is 5.79. The van der Waals surface area contributed by atoms with Crippen LogP contribution in [0.4, 0.5) is 0 Å². The molecule has 6 rings (SSSR count). The summed E-state index contributed by atoms with van der Waals surface area (Å²) in [6.45, 7) is 2.06. The van der Waals surface area contributed by atoms with Crippen molar-refractivity contribution in [2.24, 2.45) is 0 Å². The summed E-state index contributed by atoms with van der Waals surface area (Å²) in [5.41, 5.74) is 3.65. The molecule has 3 aliphatic carbocycles. The Hall–Kier alpha value is -2.87. The maximum absolute atomic E-state index is 11.0. The molecule has 0 bridgehead atoms. The summed E-state index contributed by atoms with van der Waals surface area (Å²) >= 11 is 0. The molecule has 3 saturated carbocycles. The van der Waals surface area contributed by atoms with Crippen LogP contribution in [0.25, 0.3) is 0 Å². The first-order valence-electron chi connectivity index (χ1n) is 16.9. The van der Waals surface area contributed by atoms with Crippen LogP contribution >= 0.6 is 0 Å². The maximum Gasteiger partial charge on any atom is 0.133 e. The van der Waals surface area contributed by atoms with Crippen molar-refractivity contribution < 1.29 is 29.2 Å². The van der Waals surface area contributed by atoms with Gasteiger partial charge in [-0.1, -0.05) is 91.0 Å². The molecule has 3 aromatic carbocycles. The minimum absolute atomic E-state index is 0.0958. The molecule has 0 radical (unpaired) electrons. The van der Waals surface area contributed by atoms with Gasteiger partial charge in [-0.2, -0.15) is 0 Å². The third-order valence-corrected chi connectivity index (χ3v) is 8.76. The number of rotatable bonds is 9. The van der Waals surface area contributed by atoms with Crippen LogP contribution in [0.1, 0.15) is 93.7 Å². The fourth-order valence-electron chi connectivity index (χ4n) is 5.87. The molecule has 6 nitrogen and oxygen atoms in total. The van der Waals surface area contributed by atoms with E-state index >= 15 is 0 Å². The Balaban J connectivity index is 0.000000154. The van der Waals surface area contributed by atoms with Crippen LogP contribution in [0.15, 0.2) is 91.0 Å². The lowest BCUT2D eigenvalue weighted by molar-refractivity contribution is -0.123. The third kappa shape index (κ3) is 14.4. The van der Waals surface area contributed by atoms with Crippen molar-refractivity contribution in [3.63, 3.8) is 0 Å². The molecular formula is C39H52O6. The van der Waals surface area contributed by atoms with Crippen molar-refractivity contribution in [1.29, 1.82) is 0 Å². The van der Waals surface area contributed by atoms with Gasteiger partial charge in [0.1, 0.15) is 5.78 Å². The second-order valence-corrected chi connectivity index (χ2v) is 12.5. The second-order valence-electron chi connectivity index (χ2n) is 12.5. The first kappa shape index (κ1) is 35.0. The Kier molecular flexibility index (Phi) is 15.8. The number of Topliss-reactive ketones (excluding diaryl/α,β-unsaturated/α-hetero) is 1. The largest absolute Gasteiger partial charge is 0.393 e. The zero-order valence-electron chi connectivity index (χ0n) is 26.7. The monoisotopic (exact) mass is 616 g/mol. The van der Waals surface area contributed by atoms with Crippen LogP contribution in [0.2, 0.25) is 0 Å². The van der Waals surface area contributed by atoms with E-state index in [1.165, 1.54) is 16.7 Å². The average Bonchev–Trinajstić information content (AvgIpc) is 3.09. The van der Waals surface area contributed by atoms with E-state index in [2.05, 4.69) is 36.4 Å². The van der Waals surface area contributed by atoms with Crippen LogP contribution in [0.5, 0.6) is 0 Å². The topological polar surface area (TPSA) is 85.2 Å². The maximum atomic E-state index is 11.0. The lowest BCUT2D eigenvalue weighted by Crippen LogP contribution is -2.24. The third-order valence-electron chi connectivity index (χ3n) is 8.76. The lowest BCUT2D eigenvalue weighted by atomic mass is 9.95. The Morgan fingerprint density at radius 2 is 0.733 bits per heavy atom. The van der Waals surface area contributed by atoms with Crippen LogP contribution < -0.4 is 0 Å². The molecule has 0 atom stereocenters.